The average molecular weight is 339 g/mol. The van der Waals surface area contributed by atoms with E-state index in [4.69, 9.17) is 4.18 Å². The Balaban J connectivity index is 1.89. The molecule has 22 heavy (non-hydrogen) atoms. The van der Waals surface area contributed by atoms with Crippen molar-refractivity contribution in [1.82, 2.24) is 9.97 Å². The third-order valence-electron chi connectivity index (χ3n) is 3.38. The van der Waals surface area contributed by atoms with Crippen molar-refractivity contribution in [3.8, 4) is 0 Å². The number of halogens is 3. The molecule has 2 rings (SSSR count). The van der Waals surface area contributed by atoms with Crippen LogP contribution in [0.25, 0.3) is 0 Å². The van der Waals surface area contributed by atoms with Crippen LogP contribution >= 0.6 is 0 Å². The molecule has 0 atom stereocenters. The molecule has 0 N–H and O–H groups in total. The summed E-state index contributed by atoms with van der Waals surface area (Å²) in [6.45, 7) is 1.22. The molecule has 0 aliphatic carbocycles. The second-order valence-electron chi connectivity index (χ2n) is 5.19. The van der Waals surface area contributed by atoms with Crippen LogP contribution < -0.4 is 4.90 Å². The standard InChI is InChI=1S/C12H16F3N3O3S/c1-22(19,20)21-8-9-2-4-18(5-3-9)11-16-6-10(7-17-11)12(13,14)15/h6-7,9H,2-5,8H2,1H3. The Morgan fingerprint density at radius 3 is 2.27 bits per heavy atom. The van der Waals surface area contributed by atoms with Crippen molar-refractivity contribution in [2.45, 2.75) is 19.0 Å². The number of hydrogen-bond donors (Lipinski definition) is 0. The van der Waals surface area contributed by atoms with E-state index < -0.39 is 21.9 Å². The Morgan fingerprint density at radius 2 is 1.82 bits per heavy atom. The van der Waals surface area contributed by atoms with Gasteiger partial charge in [-0.25, -0.2) is 9.97 Å². The Morgan fingerprint density at radius 1 is 1.27 bits per heavy atom. The first-order chi connectivity index (χ1) is 10.1. The minimum absolute atomic E-state index is 0.0976. The smallest absolute Gasteiger partial charge is 0.341 e. The second kappa shape index (κ2) is 6.37. The number of hydrogen-bond acceptors (Lipinski definition) is 6. The van der Waals surface area contributed by atoms with Crippen molar-refractivity contribution < 1.29 is 25.8 Å². The quantitative estimate of drug-likeness (QED) is 0.778. The van der Waals surface area contributed by atoms with Crippen LogP contribution in [-0.4, -0.2) is 44.3 Å². The minimum atomic E-state index is -4.45. The number of piperidine rings is 1. The van der Waals surface area contributed by atoms with E-state index in [0.717, 1.165) is 18.6 Å². The molecule has 6 nitrogen and oxygen atoms in total. The molecule has 0 saturated carbocycles. The van der Waals surface area contributed by atoms with Gasteiger partial charge in [0.2, 0.25) is 5.95 Å². The molecule has 10 heteroatoms. The lowest BCUT2D eigenvalue weighted by molar-refractivity contribution is -0.138. The van der Waals surface area contributed by atoms with E-state index in [9.17, 15) is 21.6 Å². The third kappa shape index (κ3) is 4.80. The highest BCUT2D eigenvalue weighted by Crippen LogP contribution is 2.29. The van der Waals surface area contributed by atoms with Gasteiger partial charge in [-0.3, -0.25) is 4.18 Å². The van der Waals surface area contributed by atoms with Crippen LogP contribution in [0.2, 0.25) is 0 Å². The van der Waals surface area contributed by atoms with E-state index in [2.05, 4.69) is 9.97 Å². The van der Waals surface area contributed by atoms with Gasteiger partial charge in [-0.1, -0.05) is 0 Å². The number of aromatic nitrogens is 2. The van der Waals surface area contributed by atoms with E-state index in [0.29, 0.717) is 25.9 Å². The molecule has 0 spiro atoms. The first-order valence-corrected chi connectivity index (χ1v) is 8.45. The summed E-state index contributed by atoms with van der Waals surface area (Å²) in [5, 5.41) is 0. The summed E-state index contributed by atoms with van der Waals surface area (Å²) in [5.41, 5.74) is -0.882. The van der Waals surface area contributed by atoms with Gasteiger partial charge in [0.15, 0.2) is 0 Å². The summed E-state index contributed by atoms with van der Waals surface area (Å²) in [7, 11) is -3.45. The van der Waals surface area contributed by atoms with Crippen LogP contribution in [0.15, 0.2) is 12.4 Å². The second-order valence-corrected chi connectivity index (χ2v) is 6.83. The summed E-state index contributed by atoms with van der Waals surface area (Å²) >= 11 is 0. The maximum atomic E-state index is 12.4. The van der Waals surface area contributed by atoms with Crippen molar-refractivity contribution in [3.63, 3.8) is 0 Å². The molecule has 2 heterocycles. The molecule has 1 aliphatic heterocycles. The van der Waals surface area contributed by atoms with Crippen LogP contribution in [0.4, 0.5) is 19.1 Å². The van der Waals surface area contributed by atoms with Crippen molar-refractivity contribution in [1.29, 1.82) is 0 Å². The molecule has 0 unspecified atom stereocenters. The minimum Gasteiger partial charge on any atom is -0.341 e. The molecule has 0 aromatic carbocycles. The molecule has 1 saturated heterocycles. The van der Waals surface area contributed by atoms with E-state index >= 15 is 0 Å². The fraction of sp³-hybridized carbons (Fsp3) is 0.667. The Hall–Kier alpha value is -1.42. The normalized spacial score (nSPS) is 17.7. The van der Waals surface area contributed by atoms with Gasteiger partial charge >= 0.3 is 6.18 Å². The third-order valence-corrected chi connectivity index (χ3v) is 3.94. The summed E-state index contributed by atoms with van der Waals surface area (Å²) in [6, 6.07) is 0. The molecular weight excluding hydrogens is 323 g/mol. The number of anilines is 1. The van der Waals surface area contributed by atoms with Gasteiger partial charge in [0.1, 0.15) is 0 Å². The fourth-order valence-corrected chi connectivity index (χ4v) is 2.59. The molecule has 1 fully saturated rings. The fourth-order valence-electron chi connectivity index (χ4n) is 2.15. The van der Waals surface area contributed by atoms with E-state index in [1.807, 2.05) is 0 Å². The van der Waals surface area contributed by atoms with Crippen molar-refractivity contribution in [2.75, 3.05) is 30.9 Å². The molecule has 0 amide bonds. The van der Waals surface area contributed by atoms with Gasteiger partial charge in [0, 0.05) is 25.5 Å². The maximum Gasteiger partial charge on any atom is 0.419 e. The Bertz CT molecular complexity index is 596. The van der Waals surface area contributed by atoms with Gasteiger partial charge in [0.25, 0.3) is 10.1 Å². The van der Waals surface area contributed by atoms with Gasteiger partial charge in [0.05, 0.1) is 18.4 Å². The van der Waals surface area contributed by atoms with Crippen LogP contribution in [0.3, 0.4) is 0 Å². The number of nitrogens with zero attached hydrogens (tertiary/aromatic N) is 3. The number of rotatable bonds is 4. The Labute approximate surface area is 126 Å². The topological polar surface area (TPSA) is 72.4 Å². The molecule has 0 radical (unpaired) electrons. The average Bonchev–Trinajstić information content (AvgIpc) is 2.44. The summed E-state index contributed by atoms with van der Waals surface area (Å²) < 4.78 is 63.9. The van der Waals surface area contributed by atoms with Gasteiger partial charge < -0.3 is 4.90 Å². The largest absolute Gasteiger partial charge is 0.419 e. The molecule has 1 aliphatic rings. The number of alkyl halides is 3. The lowest BCUT2D eigenvalue weighted by atomic mass is 9.98. The summed E-state index contributed by atoms with van der Waals surface area (Å²) in [5.74, 6) is 0.343. The van der Waals surface area contributed by atoms with Gasteiger partial charge in [-0.05, 0) is 18.8 Å². The molecule has 1 aromatic heterocycles. The zero-order valence-electron chi connectivity index (χ0n) is 11.9. The maximum absolute atomic E-state index is 12.4. The van der Waals surface area contributed by atoms with Crippen molar-refractivity contribution in [2.24, 2.45) is 5.92 Å². The van der Waals surface area contributed by atoms with E-state index in [-0.39, 0.29) is 18.5 Å². The first-order valence-electron chi connectivity index (χ1n) is 6.64. The van der Waals surface area contributed by atoms with Crippen molar-refractivity contribution in [3.05, 3.63) is 18.0 Å². The lowest BCUT2D eigenvalue weighted by Gasteiger charge is -2.31. The van der Waals surface area contributed by atoms with E-state index in [1.54, 1.807) is 4.90 Å². The monoisotopic (exact) mass is 339 g/mol. The highest BCUT2D eigenvalue weighted by Gasteiger charge is 2.32. The highest BCUT2D eigenvalue weighted by atomic mass is 32.2. The highest BCUT2D eigenvalue weighted by molar-refractivity contribution is 7.85. The summed E-state index contributed by atoms with van der Waals surface area (Å²) in [6.07, 6.45) is -0.588. The molecule has 1 aromatic rings. The molecule has 124 valence electrons. The predicted octanol–water partition coefficient (Wildman–Crippen LogP) is 1.69. The lowest BCUT2D eigenvalue weighted by Crippen LogP contribution is -2.36. The summed E-state index contributed by atoms with van der Waals surface area (Å²) in [4.78, 5) is 9.27. The van der Waals surface area contributed by atoms with Crippen LogP contribution in [-0.2, 0) is 20.5 Å². The predicted molar refractivity (Wildman–Crippen MR) is 72.8 cm³/mol. The van der Waals surface area contributed by atoms with Gasteiger partial charge in [-0.15, -0.1) is 0 Å². The van der Waals surface area contributed by atoms with Gasteiger partial charge in [-0.2, -0.15) is 21.6 Å². The first kappa shape index (κ1) is 16.9. The van der Waals surface area contributed by atoms with Crippen LogP contribution in [0, 0.1) is 5.92 Å². The zero-order chi connectivity index (χ0) is 16.4. The van der Waals surface area contributed by atoms with Crippen LogP contribution in [0.1, 0.15) is 18.4 Å². The SMILES string of the molecule is CS(=O)(=O)OCC1CCN(c2ncc(C(F)(F)F)cn2)CC1. The Kier molecular flexibility index (Phi) is 4.90. The van der Waals surface area contributed by atoms with E-state index in [1.165, 1.54) is 0 Å². The van der Waals surface area contributed by atoms with Crippen molar-refractivity contribution >= 4 is 16.1 Å². The van der Waals surface area contributed by atoms with Crippen LogP contribution in [0.5, 0.6) is 0 Å². The zero-order valence-corrected chi connectivity index (χ0v) is 12.7. The molecule has 0 bridgehead atoms. The molecular formula is C12H16F3N3O3S.